The second-order valence-corrected chi connectivity index (χ2v) is 4.38. The second kappa shape index (κ2) is 5.32. The Kier molecular flexibility index (Phi) is 3.79. The number of rotatable bonds is 6. The third-order valence-electron chi connectivity index (χ3n) is 3.00. The molecule has 1 radical (unpaired) electrons. The largest absolute Gasteiger partial charge is 0.296 e. The summed E-state index contributed by atoms with van der Waals surface area (Å²) < 4.78 is 0. The molecule has 0 atom stereocenters. The number of benzene rings is 1. The van der Waals surface area contributed by atoms with Gasteiger partial charge in [0, 0.05) is 12.6 Å². The maximum absolute atomic E-state index is 2.62. The van der Waals surface area contributed by atoms with Crippen molar-refractivity contribution in [1.82, 2.24) is 4.90 Å². The van der Waals surface area contributed by atoms with Gasteiger partial charge in [0.2, 0.25) is 0 Å². The molecule has 1 aliphatic carbocycles. The van der Waals surface area contributed by atoms with Crippen molar-refractivity contribution in [3.63, 3.8) is 0 Å². The van der Waals surface area contributed by atoms with Gasteiger partial charge in [0.05, 0.1) is 0 Å². The number of unbranched alkanes of at least 4 members (excludes halogenated alkanes) is 1. The van der Waals surface area contributed by atoms with Crippen LogP contribution in [0.15, 0.2) is 30.3 Å². The second-order valence-electron chi connectivity index (χ2n) is 4.38. The molecule has 0 aromatic heterocycles. The minimum absolute atomic E-state index is 0.866. The van der Waals surface area contributed by atoms with Crippen LogP contribution in [0.3, 0.4) is 0 Å². The minimum atomic E-state index is 0.866. The van der Waals surface area contributed by atoms with Crippen molar-refractivity contribution in [2.24, 2.45) is 0 Å². The molecule has 1 saturated carbocycles. The summed E-state index contributed by atoms with van der Waals surface area (Å²) in [5, 5.41) is 0. The quantitative estimate of drug-likeness (QED) is 0.684. The maximum atomic E-state index is 2.62. The van der Waals surface area contributed by atoms with Crippen molar-refractivity contribution in [2.45, 2.75) is 38.8 Å². The van der Waals surface area contributed by atoms with Crippen molar-refractivity contribution in [2.75, 3.05) is 6.54 Å². The molecule has 15 heavy (non-hydrogen) atoms. The molecule has 0 bridgehead atoms. The summed E-state index contributed by atoms with van der Waals surface area (Å²) in [6.45, 7) is 4.49. The van der Waals surface area contributed by atoms with Gasteiger partial charge in [0.25, 0.3) is 0 Å². The predicted octanol–water partition coefficient (Wildman–Crippen LogP) is 3.27. The molecule has 1 aromatic carbocycles. The summed E-state index contributed by atoms with van der Waals surface area (Å²) in [4.78, 5) is 2.62. The first kappa shape index (κ1) is 10.7. The van der Waals surface area contributed by atoms with Crippen LogP contribution in [0.5, 0.6) is 0 Å². The molecule has 0 spiro atoms. The predicted molar refractivity (Wildman–Crippen MR) is 64.5 cm³/mol. The molecular formula is C14H20N. The number of hydrogen-bond acceptors (Lipinski definition) is 1. The van der Waals surface area contributed by atoms with E-state index in [0.29, 0.717) is 0 Å². The van der Waals surface area contributed by atoms with Gasteiger partial charge in [-0.15, -0.1) is 0 Å². The Morgan fingerprint density at radius 2 is 2.00 bits per heavy atom. The summed E-state index contributed by atoms with van der Waals surface area (Å²) in [5.41, 5.74) is 1.44. The number of nitrogens with zero attached hydrogens (tertiary/aromatic N) is 1. The molecule has 1 aliphatic rings. The highest BCUT2D eigenvalue weighted by atomic mass is 15.2. The van der Waals surface area contributed by atoms with Crippen molar-refractivity contribution in [3.8, 4) is 0 Å². The molecular weight excluding hydrogens is 182 g/mol. The van der Waals surface area contributed by atoms with Gasteiger partial charge >= 0.3 is 0 Å². The van der Waals surface area contributed by atoms with Crippen LogP contribution in [0.4, 0.5) is 0 Å². The molecule has 1 fully saturated rings. The maximum Gasteiger partial charge on any atom is 0.0236 e. The fourth-order valence-electron chi connectivity index (χ4n) is 1.94. The standard InChI is InChI=1S/C14H20N/c1-2-3-11-15(14-9-10-14)12-13-7-5-4-6-8-13/h2,4-8,14H,3,9-12H2,1H3. The van der Waals surface area contributed by atoms with Crippen LogP contribution in [0, 0.1) is 6.42 Å². The molecule has 0 heterocycles. The number of hydrogen-bond donors (Lipinski definition) is 0. The highest BCUT2D eigenvalue weighted by Gasteiger charge is 2.28. The Morgan fingerprint density at radius 3 is 2.60 bits per heavy atom. The average Bonchev–Trinajstić information content (AvgIpc) is 3.09. The van der Waals surface area contributed by atoms with E-state index >= 15 is 0 Å². The van der Waals surface area contributed by atoms with Gasteiger partial charge in [-0.2, -0.15) is 0 Å². The van der Waals surface area contributed by atoms with Crippen molar-refractivity contribution in [3.05, 3.63) is 42.3 Å². The lowest BCUT2D eigenvalue weighted by Crippen LogP contribution is -2.26. The van der Waals surface area contributed by atoms with Crippen LogP contribution in [0.2, 0.25) is 0 Å². The summed E-state index contributed by atoms with van der Waals surface area (Å²) >= 11 is 0. The molecule has 1 nitrogen and oxygen atoms in total. The first-order valence-corrected chi connectivity index (χ1v) is 5.96. The Bertz CT molecular complexity index is 277. The van der Waals surface area contributed by atoms with E-state index in [1.165, 1.54) is 31.4 Å². The molecule has 0 amide bonds. The van der Waals surface area contributed by atoms with Gasteiger partial charge in [0.1, 0.15) is 0 Å². The van der Waals surface area contributed by atoms with Crippen LogP contribution in [0.1, 0.15) is 31.7 Å². The fraction of sp³-hybridized carbons (Fsp3) is 0.500. The first-order valence-electron chi connectivity index (χ1n) is 5.96. The Labute approximate surface area is 93.1 Å². The fourth-order valence-corrected chi connectivity index (χ4v) is 1.94. The van der Waals surface area contributed by atoms with Crippen LogP contribution in [0.25, 0.3) is 0 Å². The van der Waals surface area contributed by atoms with Crippen molar-refractivity contribution < 1.29 is 0 Å². The van der Waals surface area contributed by atoms with Gasteiger partial charge in [-0.05, 0) is 37.8 Å². The van der Waals surface area contributed by atoms with Crippen LogP contribution in [-0.2, 0) is 6.54 Å². The van der Waals surface area contributed by atoms with E-state index in [1.807, 2.05) is 0 Å². The SMILES string of the molecule is C[CH]CCN(Cc1ccccc1)C1CC1. The van der Waals surface area contributed by atoms with E-state index in [9.17, 15) is 0 Å². The van der Waals surface area contributed by atoms with E-state index in [-0.39, 0.29) is 0 Å². The molecule has 1 heteroatoms. The topological polar surface area (TPSA) is 3.24 Å². The van der Waals surface area contributed by atoms with Gasteiger partial charge in [0.15, 0.2) is 0 Å². The lowest BCUT2D eigenvalue weighted by Gasteiger charge is -2.21. The lowest BCUT2D eigenvalue weighted by molar-refractivity contribution is 0.257. The van der Waals surface area contributed by atoms with Gasteiger partial charge in [-0.3, -0.25) is 4.90 Å². The van der Waals surface area contributed by atoms with E-state index in [1.54, 1.807) is 0 Å². The van der Waals surface area contributed by atoms with Crippen LogP contribution in [-0.4, -0.2) is 17.5 Å². The van der Waals surface area contributed by atoms with Crippen LogP contribution >= 0.6 is 0 Å². The Hall–Kier alpha value is -0.820. The van der Waals surface area contributed by atoms with Gasteiger partial charge in [-0.1, -0.05) is 37.3 Å². The molecule has 1 aromatic rings. The third kappa shape index (κ3) is 3.35. The van der Waals surface area contributed by atoms with E-state index < -0.39 is 0 Å². The smallest absolute Gasteiger partial charge is 0.0236 e. The van der Waals surface area contributed by atoms with E-state index in [4.69, 9.17) is 0 Å². The Morgan fingerprint density at radius 1 is 1.27 bits per heavy atom. The monoisotopic (exact) mass is 202 g/mol. The van der Waals surface area contributed by atoms with Gasteiger partial charge < -0.3 is 0 Å². The summed E-state index contributed by atoms with van der Waals surface area (Å²) in [5.74, 6) is 0. The van der Waals surface area contributed by atoms with E-state index in [2.05, 4.69) is 48.6 Å². The highest BCUT2D eigenvalue weighted by molar-refractivity contribution is 5.14. The average molecular weight is 202 g/mol. The normalized spacial score (nSPS) is 15.9. The molecule has 81 valence electrons. The zero-order chi connectivity index (χ0) is 10.5. The van der Waals surface area contributed by atoms with Crippen molar-refractivity contribution >= 4 is 0 Å². The Balaban J connectivity index is 1.88. The van der Waals surface area contributed by atoms with Crippen LogP contribution < -0.4 is 0 Å². The first-order chi connectivity index (χ1) is 7.40. The molecule has 2 rings (SSSR count). The molecule has 0 saturated heterocycles. The molecule has 0 aliphatic heterocycles. The minimum Gasteiger partial charge on any atom is -0.296 e. The van der Waals surface area contributed by atoms with Gasteiger partial charge in [-0.25, -0.2) is 0 Å². The summed E-state index contributed by atoms with van der Waals surface area (Å²) in [6, 6.07) is 11.7. The molecule has 0 unspecified atom stereocenters. The van der Waals surface area contributed by atoms with Crippen molar-refractivity contribution in [1.29, 1.82) is 0 Å². The molecule has 0 N–H and O–H groups in total. The van der Waals surface area contributed by atoms with E-state index in [0.717, 1.165) is 12.6 Å². The third-order valence-corrected chi connectivity index (χ3v) is 3.00. The lowest BCUT2D eigenvalue weighted by atomic mass is 10.2. The summed E-state index contributed by atoms with van der Waals surface area (Å²) in [7, 11) is 0. The summed E-state index contributed by atoms with van der Waals surface area (Å²) in [6.07, 6.45) is 6.27. The zero-order valence-corrected chi connectivity index (χ0v) is 9.52. The highest BCUT2D eigenvalue weighted by Crippen LogP contribution is 2.28. The zero-order valence-electron chi connectivity index (χ0n) is 9.52.